The van der Waals surface area contributed by atoms with Crippen LogP contribution in [0.5, 0.6) is 5.75 Å². The van der Waals surface area contributed by atoms with Gasteiger partial charge in [-0.1, -0.05) is 34.1 Å². The van der Waals surface area contributed by atoms with Gasteiger partial charge in [0.1, 0.15) is 5.75 Å². The molecule has 1 amide bonds. The van der Waals surface area contributed by atoms with Gasteiger partial charge in [-0.2, -0.15) is 5.10 Å². The first-order valence-electron chi connectivity index (χ1n) is 8.72. The Labute approximate surface area is 165 Å². The quantitative estimate of drug-likeness (QED) is 0.479. The van der Waals surface area contributed by atoms with Crippen molar-refractivity contribution in [3.8, 4) is 5.75 Å². The van der Waals surface area contributed by atoms with Crippen molar-refractivity contribution in [2.75, 3.05) is 7.11 Å². The van der Waals surface area contributed by atoms with Crippen LogP contribution < -0.4 is 10.2 Å². The Kier molecular flexibility index (Phi) is 4.90. The molecule has 0 bridgehead atoms. The average Bonchev–Trinajstić information content (AvgIpc) is 3.52. The molecule has 1 heterocycles. The predicted octanol–water partition coefficient (Wildman–Crippen LogP) is 4.65. The molecule has 3 aromatic rings. The molecular formula is C21H18BrN3O2. The Bertz CT molecular complexity index is 1040. The number of para-hydroxylation sites is 1. The van der Waals surface area contributed by atoms with Crippen LogP contribution >= 0.6 is 15.9 Å². The smallest absolute Gasteiger partial charge is 0.272 e. The molecule has 0 unspecified atom stereocenters. The summed E-state index contributed by atoms with van der Waals surface area (Å²) >= 11 is 3.43. The monoisotopic (exact) mass is 423 g/mol. The van der Waals surface area contributed by atoms with Crippen molar-refractivity contribution >= 4 is 39.0 Å². The number of amides is 1. The summed E-state index contributed by atoms with van der Waals surface area (Å²) in [5.41, 5.74) is 5.82. The van der Waals surface area contributed by atoms with E-state index in [0.29, 0.717) is 17.2 Å². The number of nitrogens with zero attached hydrogens (tertiary/aromatic N) is 2. The van der Waals surface area contributed by atoms with Gasteiger partial charge >= 0.3 is 0 Å². The van der Waals surface area contributed by atoms with Crippen LogP contribution in [-0.4, -0.2) is 24.2 Å². The summed E-state index contributed by atoms with van der Waals surface area (Å²) in [6.07, 6.45) is 3.84. The van der Waals surface area contributed by atoms with Crippen LogP contribution in [0.3, 0.4) is 0 Å². The molecule has 1 fully saturated rings. The van der Waals surface area contributed by atoms with E-state index >= 15 is 0 Å². The number of fused-ring (bicyclic) bond motifs is 1. The number of ether oxygens (including phenoxy) is 1. The first-order chi connectivity index (χ1) is 13.2. The Morgan fingerprint density at radius 2 is 2.07 bits per heavy atom. The largest absolute Gasteiger partial charge is 0.496 e. The third kappa shape index (κ3) is 3.85. The number of rotatable bonds is 5. The number of halogens is 1. The minimum Gasteiger partial charge on any atom is -0.496 e. The normalized spacial score (nSPS) is 13.9. The van der Waals surface area contributed by atoms with E-state index in [4.69, 9.17) is 9.72 Å². The number of methoxy groups -OCH3 is 1. The molecular weight excluding hydrogens is 406 g/mol. The minimum absolute atomic E-state index is 0.249. The van der Waals surface area contributed by atoms with Crippen LogP contribution in [0.25, 0.3) is 10.9 Å². The van der Waals surface area contributed by atoms with Gasteiger partial charge < -0.3 is 4.74 Å². The van der Waals surface area contributed by atoms with Crippen LogP contribution in [0.4, 0.5) is 0 Å². The fraction of sp³-hybridized carbons (Fsp3) is 0.190. The Hall–Kier alpha value is -2.73. The molecule has 0 saturated heterocycles. The highest BCUT2D eigenvalue weighted by molar-refractivity contribution is 9.10. The van der Waals surface area contributed by atoms with Crippen molar-refractivity contribution in [1.82, 2.24) is 10.4 Å². The molecule has 0 radical (unpaired) electrons. The molecule has 0 aliphatic heterocycles. The number of benzene rings is 2. The molecule has 1 aliphatic rings. The van der Waals surface area contributed by atoms with E-state index in [1.807, 2.05) is 48.5 Å². The van der Waals surface area contributed by atoms with E-state index in [9.17, 15) is 4.79 Å². The van der Waals surface area contributed by atoms with Gasteiger partial charge in [-0.3, -0.25) is 9.78 Å². The Morgan fingerprint density at radius 3 is 2.85 bits per heavy atom. The third-order valence-electron chi connectivity index (χ3n) is 4.54. The lowest BCUT2D eigenvalue weighted by Crippen LogP contribution is -2.18. The van der Waals surface area contributed by atoms with Crippen LogP contribution in [0.2, 0.25) is 0 Å². The first-order valence-corrected chi connectivity index (χ1v) is 9.51. The lowest BCUT2D eigenvalue weighted by molar-refractivity contribution is 0.0956. The van der Waals surface area contributed by atoms with Gasteiger partial charge in [0.15, 0.2) is 0 Å². The second kappa shape index (κ2) is 7.48. The molecule has 1 N–H and O–H groups in total. The first kappa shape index (κ1) is 17.7. The van der Waals surface area contributed by atoms with E-state index in [0.717, 1.165) is 39.5 Å². The van der Waals surface area contributed by atoms with Gasteiger partial charge in [0.2, 0.25) is 0 Å². The van der Waals surface area contributed by atoms with E-state index in [2.05, 4.69) is 26.5 Å². The number of pyridine rings is 1. The van der Waals surface area contributed by atoms with Crippen molar-refractivity contribution in [1.29, 1.82) is 0 Å². The SMILES string of the molecule is COc1ccc(Br)cc1/C=N/NC(=O)c1cc(C2CC2)nc2ccccc12. The summed E-state index contributed by atoms with van der Waals surface area (Å²) in [6.45, 7) is 0. The van der Waals surface area contributed by atoms with Gasteiger partial charge in [0.05, 0.1) is 24.4 Å². The average molecular weight is 424 g/mol. The summed E-state index contributed by atoms with van der Waals surface area (Å²) < 4.78 is 6.22. The van der Waals surface area contributed by atoms with E-state index < -0.39 is 0 Å². The molecule has 2 aromatic carbocycles. The summed E-state index contributed by atoms with van der Waals surface area (Å²) in [7, 11) is 1.60. The summed E-state index contributed by atoms with van der Waals surface area (Å²) in [5.74, 6) is 0.901. The van der Waals surface area contributed by atoms with Gasteiger partial charge in [0.25, 0.3) is 5.91 Å². The number of hydrazone groups is 1. The molecule has 0 atom stereocenters. The molecule has 1 saturated carbocycles. The molecule has 0 spiro atoms. The number of carbonyl (C=O) groups is 1. The standard InChI is InChI=1S/C21H18BrN3O2/c1-27-20-9-8-15(22)10-14(20)12-23-25-21(26)17-11-19(13-6-7-13)24-18-5-3-2-4-16(17)18/h2-5,8-13H,6-7H2,1H3,(H,25,26)/b23-12+. The molecule has 5 nitrogen and oxygen atoms in total. The minimum atomic E-state index is -0.249. The van der Waals surface area contributed by atoms with Crippen molar-refractivity contribution < 1.29 is 9.53 Å². The lowest BCUT2D eigenvalue weighted by Gasteiger charge is -2.08. The van der Waals surface area contributed by atoms with Gasteiger partial charge in [-0.05, 0) is 43.2 Å². The zero-order chi connectivity index (χ0) is 18.8. The lowest BCUT2D eigenvalue weighted by atomic mass is 10.1. The third-order valence-corrected chi connectivity index (χ3v) is 5.03. The van der Waals surface area contributed by atoms with Crippen molar-refractivity contribution in [3.63, 3.8) is 0 Å². The zero-order valence-electron chi connectivity index (χ0n) is 14.8. The van der Waals surface area contributed by atoms with Crippen LogP contribution in [0.15, 0.2) is 58.1 Å². The highest BCUT2D eigenvalue weighted by Crippen LogP contribution is 2.40. The van der Waals surface area contributed by atoms with Crippen molar-refractivity contribution in [2.24, 2.45) is 5.10 Å². The second-order valence-corrected chi connectivity index (χ2v) is 7.39. The van der Waals surface area contributed by atoms with Crippen molar-refractivity contribution in [2.45, 2.75) is 18.8 Å². The fourth-order valence-corrected chi connectivity index (χ4v) is 3.38. The number of nitrogens with one attached hydrogen (secondary N) is 1. The Balaban J connectivity index is 1.61. The van der Waals surface area contributed by atoms with Gasteiger partial charge in [-0.25, -0.2) is 5.43 Å². The summed E-state index contributed by atoms with van der Waals surface area (Å²) in [6, 6.07) is 15.2. The predicted molar refractivity (Wildman–Crippen MR) is 109 cm³/mol. The maximum absolute atomic E-state index is 12.8. The van der Waals surface area contributed by atoms with Gasteiger partial charge in [0, 0.05) is 27.0 Å². The molecule has 1 aromatic heterocycles. The van der Waals surface area contributed by atoms with E-state index in [1.165, 1.54) is 0 Å². The molecule has 6 heteroatoms. The zero-order valence-corrected chi connectivity index (χ0v) is 16.4. The highest BCUT2D eigenvalue weighted by atomic mass is 79.9. The molecule has 136 valence electrons. The molecule has 1 aliphatic carbocycles. The Morgan fingerprint density at radius 1 is 1.26 bits per heavy atom. The molecule has 4 rings (SSSR count). The number of carbonyl (C=O) groups excluding carboxylic acids is 1. The van der Waals surface area contributed by atoms with E-state index in [1.54, 1.807) is 13.3 Å². The highest BCUT2D eigenvalue weighted by Gasteiger charge is 2.26. The summed E-state index contributed by atoms with van der Waals surface area (Å²) in [4.78, 5) is 17.5. The van der Waals surface area contributed by atoms with Crippen LogP contribution in [-0.2, 0) is 0 Å². The topological polar surface area (TPSA) is 63.6 Å². The number of hydrogen-bond acceptors (Lipinski definition) is 4. The van der Waals surface area contributed by atoms with Gasteiger partial charge in [-0.15, -0.1) is 0 Å². The van der Waals surface area contributed by atoms with Crippen molar-refractivity contribution in [3.05, 3.63) is 69.8 Å². The van der Waals surface area contributed by atoms with Crippen LogP contribution in [0, 0.1) is 0 Å². The maximum Gasteiger partial charge on any atom is 0.272 e. The summed E-state index contributed by atoms with van der Waals surface area (Å²) in [5, 5.41) is 4.95. The molecule has 27 heavy (non-hydrogen) atoms. The maximum atomic E-state index is 12.8. The fourth-order valence-electron chi connectivity index (χ4n) is 3.00. The van der Waals surface area contributed by atoms with E-state index in [-0.39, 0.29) is 5.91 Å². The second-order valence-electron chi connectivity index (χ2n) is 6.47. The van der Waals surface area contributed by atoms with Crippen LogP contribution in [0.1, 0.15) is 40.4 Å². The number of aromatic nitrogens is 1. The number of hydrogen-bond donors (Lipinski definition) is 1.